The van der Waals surface area contributed by atoms with Gasteiger partial charge >= 0.3 is 0 Å². The van der Waals surface area contributed by atoms with Crippen molar-refractivity contribution in [2.24, 2.45) is 5.92 Å². The minimum atomic E-state index is -4.06. The van der Waals surface area contributed by atoms with Crippen LogP contribution in [0.15, 0.2) is 52.3 Å². The maximum absolute atomic E-state index is 13.7. The number of likely N-dealkylation sites (N-methyl/N-ethyl adjacent to an activating group) is 1. The summed E-state index contributed by atoms with van der Waals surface area (Å²) in [5.74, 6) is 4.53. The monoisotopic (exact) mass is 554 g/mol. The summed E-state index contributed by atoms with van der Waals surface area (Å²) in [5.41, 5.74) is 0.487. The predicted molar refractivity (Wildman–Crippen MR) is 135 cm³/mol. The molecule has 2 aromatic rings. The molecule has 0 aliphatic carbocycles. The van der Waals surface area contributed by atoms with Crippen LogP contribution in [0, 0.1) is 23.6 Å². The zero-order valence-electron chi connectivity index (χ0n) is 21.1. The summed E-state index contributed by atoms with van der Waals surface area (Å²) >= 11 is 0. The molecule has 1 heterocycles. The first-order valence-corrected chi connectivity index (χ1v) is 14.4. The van der Waals surface area contributed by atoms with Crippen LogP contribution < -0.4 is 4.74 Å². The van der Waals surface area contributed by atoms with Crippen LogP contribution in [0.3, 0.4) is 0 Å². The van der Waals surface area contributed by atoms with Crippen LogP contribution in [0.5, 0.6) is 5.75 Å². The van der Waals surface area contributed by atoms with Crippen LogP contribution in [0.2, 0.25) is 0 Å². The zero-order chi connectivity index (χ0) is 27.4. The van der Waals surface area contributed by atoms with E-state index in [2.05, 4.69) is 11.8 Å². The number of aliphatic hydroxyl groups excluding tert-OH is 1. The fraction of sp³-hybridized carbons (Fsp3) is 0.440. The van der Waals surface area contributed by atoms with Gasteiger partial charge in [-0.05, 0) is 43.3 Å². The summed E-state index contributed by atoms with van der Waals surface area (Å²) in [5, 5.41) is 9.76. The number of nitrogens with zero attached hydrogens (tertiary/aromatic N) is 2. The average Bonchev–Trinajstić information content (AvgIpc) is 2.85. The molecule has 37 heavy (non-hydrogen) atoms. The van der Waals surface area contributed by atoms with Crippen molar-refractivity contribution in [3.8, 4) is 17.6 Å². The van der Waals surface area contributed by atoms with Gasteiger partial charge in [-0.3, -0.25) is 0 Å². The lowest BCUT2D eigenvalue weighted by molar-refractivity contribution is 0.0904. The summed E-state index contributed by atoms with van der Waals surface area (Å²) in [6.07, 6.45) is -0.779. The number of hydrogen-bond donors (Lipinski definition) is 1. The minimum Gasteiger partial charge on any atom is -0.487 e. The second-order valence-corrected chi connectivity index (χ2v) is 12.8. The highest BCUT2D eigenvalue weighted by molar-refractivity contribution is 7.89. The average molecular weight is 555 g/mol. The van der Waals surface area contributed by atoms with Gasteiger partial charge in [0.1, 0.15) is 29.2 Å². The van der Waals surface area contributed by atoms with E-state index in [9.17, 15) is 26.3 Å². The third-order valence-corrected chi connectivity index (χ3v) is 9.90. The van der Waals surface area contributed by atoms with E-state index < -0.39 is 50.5 Å². The van der Waals surface area contributed by atoms with E-state index in [4.69, 9.17) is 9.47 Å². The molecule has 202 valence electrons. The molecule has 3 atom stereocenters. The molecule has 1 N–H and O–H groups in total. The van der Waals surface area contributed by atoms with E-state index in [-0.39, 0.29) is 35.2 Å². The van der Waals surface area contributed by atoms with Crippen molar-refractivity contribution in [3.05, 3.63) is 53.8 Å². The van der Waals surface area contributed by atoms with E-state index in [0.717, 1.165) is 16.4 Å². The molecule has 1 aliphatic heterocycles. The molecule has 0 unspecified atom stereocenters. The Hall–Kier alpha value is -2.53. The van der Waals surface area contributed by atoms with E-state index in [0.29, 0.717) is 5.56 Å². The SMILES string of the molecule is COCC#Cc1ccc2c(c1)O[C@@H](CN(C)S(=O)(=O)c1cccc(F)c1)[C@H](C)CN([C@H](C)CO)S2(=O)=O. The van der Waals surface area contributed by atoms with Crippen molar-refractivity contribution in [2.75, 3.05) is 40.5 Å². The molecule has 0 fully saturated rings. The predicted octanol–water partition coefficient (Wildman–Crippen LogP) is 1.91. The molecule has 0 saturated heterocycles. The summed E-state index contributed by atoms with van der Waals surface area (Å²) in [6, 6.07) is 8.40. The van der Waals surface area contributed by atoms with Crippen LogP contribution in [0.25, 0.3) is 0 Å². The fourth-order valence-corrected chi connectivity index (χ4v) is 6.93. The van der Waals surface area contributed by atoms with E-state index >= 15 is 0 Å². The number of sulfonamides is 2. The van der Waals surface area contributed by atoms with Crippen molar-refractivity contribution in [1.29, 1.82) is 0 Å². The zero-order valence-corrected chi connectivity index (χ0v) is 22.7. The number of benzene rings is 2. The fourth-order valence-electron chi connectivity index (χ4n) is 3.89. The van der Waals surface area contributed by atoms with Crippen molar-refractivity contribution >= 4 is 20.0 Å². The summed E-state index contributed by atoms with van der Waals surface area (Å²) in [4.78, 5) is -0.319. The lowest BCUT2D eigenvalue weighted by atomic mass is 10.0. The third kappa shape index (κ3) is 6.49. The molecule has 0 aromatic heterocycles. The van der Waals surface area contributed by atoms with Gasteiger partial charge in [-0.2, -0.15) is 8.61 Å². The van der Waals surface area contributed by atoms with Gasteiger partial charge in [-0.15, -0.1) is 0 Å². The Morgan fingerprint density at radius 2 is 2.03 bits per heavy atom. The van der Waals surface area contributed by atoms with Gasteiger partial charge in [-0.1, -0.05) is 24.8 Å². The van der Waals surface area contributed by atoms with Gasteiger partial charge in [0.15, 0.2) is 0 Å². The number of hydrogen-bond acceptors (Lipinski definition) is 7. The molecule has 12 heteroatoms. The first kappa shape index (κ1) is 29.0. The quantitative estimate of drug-likeness (QED) is 0.520. The lowest BCUT2D eigenvalue weighted by Crippen LogP contribution is -2.50. The van der Waals surface area contributed by atoms with Gasteiger partial charge in [0.2, 0.25) is 20.0 Å². The van der Waals surface area contributed by atoms with E-state index in [1.54, 1.807) is 19.9 Å². The highest BCUT2D eigenvalue weighted by atomic mass is 32.2. The Labute approximate surface area is 217 Å². The van der Waals surface area contributed by atoms with Crippen molar-refractivity contribution in [2.45, 2.75) is 35.8 Å². The van der Waals surface area contributed by atoms with E-state index in [1.165, 1.54) is 42.7 Å². The Balaban J connectivity index is 2.05. The van der Waals surface area contributed by atoms with Crippen LogP contribution in [0.1, 0.15) is 19.4 Å². The standard InChI is InChI=1S/C25H31FN2O7S2/c1-18-15-28(19(2)17-29)37(32,33)25-11-10-20(7-6-12-34-4)13-23(25)35-24(18)16-27(3)36(30,31)22-9-5-8-21(26)14-22/h5,8-11,13-14,18-19,24,29H,12,15-17H2,1-4H3/t18-,19-,24+/m1/s1. The topological polar surface area (TPSA) is 113 Å². The Bertz CT molecular complexity index is 1390. The summed E-state index contributed by atoms with van der Waals surface area (Å²) in [6.45, 7) is 2.96. The molecule has 9 nitrogen and oxygen atoms in total. The summed E-state index contributed by atoms with van der Waals surface area (Å²) in [7, 11) is -5.26. The molecule has 0 spiro atoms. The molecule has 0 radical (unpaired) electrons. The summed E-state index contributed by atoms with van der Waals surface area (Å²) < 4.78 is 80.4. The molecular weight excluding hydrogens is 523 g/mol. The van der Waals surface area contributed by atoms with E-state index in [1.807, 2.05) is 0 Å². The van der Waals surface area contributed by atoms with Crippen LogP contribution >= 0.6 is 0 Å². The first-order chi connectivity index (χ1) is 17.4. The molecule has 0 bridgehead atoms. The van der Waals surface area contributed by atoms with Crippen molar-refractivity contribution in [1.82, 2.24) is 8.61 Å². The van der Waals surface area contributed by atoms with Gasteiger partial charge in [0.05, 0.1) is 18.0 Å². The first-order valence-electron chi connectivity index (χ1n) is 11.5. The number of fused-ring (bicyclic) bond motifs is 1. The number of rotatable bonds is 7. The number of aliphatic hydroxyl groups is 1. The smallest absolute Gasteiger partial charge is 0.247 e. The second-order valence-electron chi connectivity index (χ2n) is 8.88. The lowest BCUT2D eigenvalue weighted by Gasteiger charge is -2.37. The largest absolute Gasteiger partial charge is 0.487 e. The minimum absolute atomic E-state index is 0.0165. The molecular formula is C25H31FN2O7S2. The van der Waals surface area contributed by atoms with Crippen LogP contribution in [-0.2, 0) is 24.8 Å². The van der Waals surface area contributed by atoms with Crippen molar-refractivity contribution < 1.29 is 35.8 Å². The molecule has 0 amide bonds. The number of halogens is 1. The maximum Gasteiger partial charge on any atom is 0.247 e. The molecule has 1 aliphatic rings. The second kappa shape index (κ2) is 11.9. The molecule has 2 aromatic carbocycles. The highest BCUT2D eigenvalue weighted by Gasteiger charge is 2.39. The Morgan fingerprint density at radius 1 is 1.30 bits per heavy atom. The number of methoxy groups -OCH3 is 1. The normalized spacial score (nSPS) is 20.6. The third-order valence-electron chi connectivity index (χ3n) is 6.06. The molecule has 0 saturated carbocycles. The van der Waals surface area contributed by atoms with Gasteiger partial charge in [-0.25, -0.2) is 21.2 Å². The maximum atomic E-state index is 13.7. The Kier molecular flexibility index (Phi) is 9.33. The van der Waals surface area contributed by atoms with Gasteiger partial charge in [0, 0.05) is 38.2 Å². The van der Waals surface area contributed by atoms with Gasteiger partial charge in [0.25, 0.3) is 0 Å². The van der Waals surface area contributed by atoms with Gasteiger partial charge < -0.3 is 14.6 Å². The highest BCUT2D eigenvalue weighted by Crippen LogP contribution is 2.34. The van der Waals surface area contributed by atoms with Crippen LogP contribution in [0.4, 0.5) is 4.39 Å². The number of ether oxygens (including phenoxy) is 2. The molecule has 3 rings (SSSR count). The van der Waals surface area contributed by atoms with Crippen molar-refractivity contribution in [3.63, 3.8) is 0 Å². The van der Waals surface area contributed by atoms with Crippen LogP contribution in [-0.4, -0.2) is 83.2 Å². The Morgan fingerprint density at radius 3 is 2.68 bits per heavy atom.